The second kappa shape index (κ2) is 9.59. The molecule has 28 heavy (non-hydrogen) atoms. The highest BCUT2D eigenvalue weighted by molar-refractivity contribution is 7.98. The third kappa shape index (κ3) is 4.70. The van der Waals surface area contributed by atoms with E-state index < -0.39 is 0 Å². The number of benzene rings is 1. The summed E-state index contributed by atoms with van der Waals surface area (Å²) in [7, 11) is 3.67. The molecule has 0 aliphatic rings. The molecule has 1 heterocycles. The Kier molecular flexibility index (Phi) is 7.20. The number of nitrogens with one attached hydrogen (secondary N) is 1. The van der Waals surface area contributed by atoms with Crippen molar-refractivity contribution in [3.05, 3.63) is 59.2 Å². The van der Waals surface area contributed by atoms with Crippen LogP contribution in [0.1, 0.15) is 29.2 Å². The third-order valence-corrected chi connectivity index (χ3v) is 5.08. The molecular weight excluding hydrogens is 370 g/mol. The van der Waals surface area contributed by atoms with E-state index >= 15 is 0 Å². The zero-order valence-corrected chi connectivity index (χ0v) is 16.9. The molecule has 0 unspecified atom stereocenters. The van der Waals surface area contributed by atoms with Gasteiger partial charge in [-0.1, -0.05) is 25.6 Å². The Bertz CT molecular complexity index is 968. The fourth-order valence-corrected chi connectivity index (χ4v) is 3.60. The van der Waals surface area contributed by atoms with Crippen molar-refractivity contribution in [2.24, 2.45) is 0 Å². The lowest BCUT2D eigenvalue weighted by Gasteiger charge is -2.18. The van der Waals surface area contributed by atoms with Gasteiger partial charge in [0.15, 0.2) is 0 Å². The molecule has 0 atom stereocenters. The molecule has 0 aliphatic heterocycles. The molecule has 0 saturated heterocycles. The van der Waals surface area contributed by atoms with Gasteiger partial charge in [0.1, 0.15) is 23.0 Å². The van der Waals surface area contributed by atoms with E-state index in [2.05, 4.69) is 29.0 Å². The Labute approximate surface area is 169 Å². The number of thioether (sulfide) groups is 1. The van der Waals surface area contributed by atoms with Gasteiger partial charge in [-0.3, -0.25) is 4.79 Å². The maximum absolute atomic E-state index is 11.3. The van der Waals surface area contributed by atoms with Crippen molar-refractivity contribution in [3.63, 3.8) is 0 Å². The Morgan fingerprint density at radius 1 is 1.25 bits per heavy atom. The molecule has 142 valence electrons. The summed E-state index contributed by atoms with van der Waals surface area (Å²) in [6, 6.07) is 11.9. The summed E-state index contributed by atoms with van der Waals surface area (Å²) in [5.41, 5.74) is 3.37. The summed E-state index contributed by atoms with van der Waals surface area (Å²) in [6.07, 6.45) is 1.80. The number of pyridine rings is 1. The van der Waals surface area contributed by atoms with Gasteiger partial charge in [0.2, 0.25) is 5.91 Å². The number of hydrogen-bond acceptors (Lipinski definition) is 6. The van der Waals surface area contributed by atoms with Gasteiger partial charge in [-0.2, -0.15) is 10.5 Å². The van der Waals surface area contributed by atoms with Crippen LogP contribution in [0.4, 0.5) is 11.5 Å². The Balaban J connectivity index is 2.30. The number of amides is 1. The summed E-state index contributed by atoms with van der Waals surface area (Å²) < 4.78 is 0. The number of carbonyl (C=O) groups excluding carboxylic acids is 1. The fourth-order valence-electron chi connectivity index (χ4n) is 2.64. The molecule has 2 aromatic rings. The highest BCUT2D eigenvalue weighted by Gasteiger charge is 2.20. The monoisotopic (exact) mass is 391 g/mol. The molecule has 0 bridgehead atoms. The molecule has 0 radical (unpaired) electrons. The minimum absolute atomic E-state index is 0.258. The van der Waals surface area contributed by atoms with Crippen LogP contribution in [0.3, 0.4) is 0 Å². The van der Waals surface area contributed by atoms with Crippen molar-refractivity contribution in [3.8, 4) is 12.1 Å². The van der Waals surface area contributed by atoms with Crippen molar-refractivity contribution >= 4 is 29.2 Å². The van der Waals surface area contributed by atoms with E-state index in [0.717, 1.165) is 11.1 Å². The quantitative estimate of drug-likeness (QED) is 0.569. The van der Waals surface area contributed by atoms with E-state index in [1.807, 2.05) is 45.3 Å². The third-order valence-electron chi connectivity index (χ3n) is 4.03. The largest absolute Gasteiger partial charge is 0.362 e. The van der Waals surface area contributed by atoms with Gasteiger partial charge in [0.25, 0.3) is 0 Å². The molecule has 6 nitrogen and oxygen atoms in total. The molecule has 1 N–H and O–H groups in total. The van der Waals surface area contributed by atoms with Crippen molar-refractivity contribution in [2.75, 3.05) is 24.3 Å². The van der Waals surface area contributed by atoms with Gasteiger partial charge in [0.05, 0.1) is 11.1 Å². The van der Waals surface area contributed by atoms with Gasteiger partial charge < -0.3 is 10.2 Å². The van der Waals surface area contributed by atoms with E-state index in [0.29, 0.717) is 39.8 Å². The minimum atomic E-state index is -0.258. The normalized spacial score (nSPS) is 9.89. The van der Waals surface area contributed by atoms with E-state index in [9.17, 15) is 15.3 Å². The molecule has 0 fully saturated rings. The molecule has 0 aliphatic carbocycles. The number of nitrogens with zero attached hydrogens (tertiary/aromatic N) is 4. The zero-order chi connectivity index (χ0) is 20.7. The van der Waals surface area contributed by atoms with Crippen LogP contribution in [-0.2, 0) is 17.0 Å². The van der Waals surface area contributed by atoms with Crippen LogP contribution in [0.15, 0.2) is 41.9 Å². The number of rotatable bonds is 7. The lowest BCUT2D eigenvalue weighted by atomic mass is 10.0. The number of aromatic nitrogens is 1. The number of anilines is 2. The summed E-state index contributed by atoms with van der Waals surface area (Å²) in [5, 5.41) is 22.5. The highest BCUT2D eigenvalue weighted by Crippen LogP contribution is 2.32. The fraction of sp³-hybridized carbons (Fsp3) is 0.238. The van der Waals surface area contributed by atoms with Crippen LogP contribution in [0.2, 0.25) is 0 Å². The smallest absolute Gasteiger partial charge is 0.247 e. The van der Waals surface area contributed by atoms with Crippen molar-refractivity contribution in [1.29, 1.82) is 10.5 Å². The van der Waals surface area contributed by atoms with E-state index in [1.54, 1.807) is 4.90 Å². The van der Waals surface area contributed by atoms with E-state index in [4.69, 9.17) is 0 Å². The average Bonchev–Trinajstić information content (AvgIpc) is 2.71. The summed E-state index contributed by atoms with van der Waals surface area (Å²) in [5.74, 6) is 0.924. The lowest BCUT2D eigenvalue weighted by molar-refractivity contribution is -0.111. The topological polar surface area (TPSA) is 92.8 Å². The number of carbonyl (C=O) groups is 1. The molecular formula is C21H21N5OS. The summed E-state index contributed by atoms with van der Waals surface area (Å²) in [6.45, 7) is 5.36. The first-order valence-electron chi connectivity index (χ1n) is 8.64. The molecule has 7 heteroatoms. The second-order valence-electron chi connectivity index (χ2n) is 6.12. The number of nitriles is 2. The minimum Gasteiger partial charge on any atom is -0.362 e. The van der Waals surface area contributed by atoms with Crippen LogP contribution in [0.25, 0.3) is 0 Å². The predicted molar refractivity (Wildman–Crippen MR) is 112 cm³/mol. The first-order chi connectivity index (χ1) is 13.4. The molecule has 1 aromatic heterocycles. The van der Waals surface area contributed by atoms with Crippen molar-refractivity contribution in [1.82, 2.24) is 4.98 Å². The van der Waals surface area contributed by atoms with Crippen molar-refractivity contribution < 1.29 is 4.79 Å². The first kappa shape index (κ1) is 21.0. The van der Waals surface area contributed by atoms with Gasteiger partial charge >= 0.3 is 0 Å². The molecule has 1 amide bonds. The van der Waals surface area contributed by atoms with Crippen LogP contribution >= 0.6 is 11.8 Å². The van der Waals surface area contributed by atoms with Gasteiger partial charge in [-0.15, -0.1) is 11.8 Å². The summed E-state index contributed by atoms with van der Waals surface area (Å²) >= 11 is 1.46. The molecule has 2 rings (SSSR count). The highest BCUT2D eigenvalue weighted by atomic mass is 32.2. The lowest BCUT2D eigenvalue weighted by Crippen LogP contribution is -2.15. The van der Waals surface area contributed by atoms with Crippen LogP contribution < -0.4 is 10.2 Å². The van der Waals surface area contributed by atoms with Crippen LogP contribution in [0.5, 0.6) is 0 Å². The summed E-state index contributed by atoms with van der Waals surface area (Å²) in [4.78, 5) is 17.7. The second-order valence-corrected chi connectivity index (χ2v) is 7.08. The van der Waals surface area contributed by atoms with Gasteiger partial charge in [-0.25, -0.2) is 4.98 Å². The van der Waals surface area contributed by atoms with E-state index in [-0.39, 0.29) is 5.91 Å². The van der Waals surface area contributed by atoms with Gasteiger partial charge in [-0.05, 0) is 35.8 Å². The molecule has 0 spiro atoms. The number of hydrogen-bond donors (Lipinski definition) is 1. The Morgan fingerprint density at radius 2 is 1.89 bits per heavy atom. The Hall–Kier alpha value is -3.29. The van der Waals surface area contributed by atoms with Crippen LogP contribution in [0, 0.1) is 22.7 Å². The standard InChI is InChI=1S/C21H21N5OS/c1-5-16-17(11-22)20(26(3)4)25-21(18(16)12-23)28-13-14-7-9-15(10-8-14)24-19(27)6-2/h6-10H,2,5,13H2,1,3-4H3,(H,24,27). The zero-order valence-electron chi connectivity index (χ0n) is 16.1. The maximum Gasteiger partial charge on any atom is 0.247 e. The average molecular weight is 392 g/mol. The van der Waals surface area contributed by atoms with E-state index in [1.165, 1.54) is 17.8 Å². The molecule has 1 aromatic carbocycles. The van der Waals surface area contributed by atoms with Crippen LogP contribution in [-0.4, -0.2) is 25.0 Å². The van der Waals surface area contributed by atoms with Gasteiger partial charge in [0, 0.05) is 25.5 Å². The SMILES string of the molecule is C=CC(=O)Nc1ccc(CSc2nc(N(C)C)c(C#N)c(CC)c2C#N)cc1. The Morgan fingerprint density at radius 3 is 2.39 bits per heavy atom. The van der Waals surface area contributed by atoms with Crippen molar-refractivity contribution in [2.45, 2.75) is 24.1 Å². The maximum atomic E-state index is 11.3. The molecule has 0 saturated carbocycles. The first-order valence-corrected chi connectivity index (χ1v) is 9.63. The predicted octanol–water partition coefficient (Wildman–Crippen LogP) is 3.87.